The molecular weight excluding hydrogens is 242 g/mol. The summed E-state index contributed by atoms with van der Waals surface area (Å²) in [7, 11) is 1.74. The van der Waals surface area contributed by atoms with Gasteiger partial charge < -0.3 is 15.4 Å². The van der Waals surface area contributed by atoms with Gasteiger partial charge in [0.2, 0.25) is 0 Å². The zero-order valence-corrected chi connectivity index (χ0v) is 10.3. The molecule has 2 heterocycles. The zero-order chi connectivity index (χ0) is 12.3. The van der Waals surface area contributed by atoms with Gasteiger partial charge in [0, 0.05) is 19.9 Å². The molecule has 1 unspecified atom stereocenters. The predicted molar refractivity (Wildman–Crippen MR) is 65.5 cm³/mol. The highest BCUT2D eigenvalue weighted by molar-refractivity contribution is 6.33. The number of pyridine rings is 1. The van der Waals surface area contributed by atoms with Crippen molar-refractivity contribution >= 4 is 23.3 Å². The minimum atomic E-state index is -0.190. The van der Waals surface area contributed by atoms with Gasteiger partial charge in [-0.3, -0.25) is 4.79 Å². The first kappa shape index (κ1) is 12.1. The summed E-state index contributed by atoms with van der Waals surface area (Å²) in [6.07, 6.45) is 2.31. The molecule has 0 radical (unpaired) electrons. The first-order chi connectivity index (χ1) is 8.20. The molecule has 1 amide bonds. The molecule has 2 N–H and O–H groups in total. The molecule has 1 aliphatic heterocycles. The van der Waals surface area contributed by atoms with Crippen molar-refractivity contribution in [1.29, 1.82) is 0 Å². The average molecular weight is 256 g/mol. The van der Waals surface area contributed by atoms with E-state index >= 15 is 0 Å². The van der Waals surface area contributed by atoms with Gasteiger partial charge in [0.15, 0.2) is 0 Å². The molecule has 1 aromatic heterocycles. The number of anilines is 1. The summed E-state index contributed by atoms with van der Waals surface area (Å²) in [5.74, 6) is 0.423. The number of carbonyl (C=O) groups is 1. The van der Waals surface area contributed by atoms with Crippen LogP contribution in [0.25, 0.3) is 0 Å². The van der Waals surface area contributed by atoms with Crippen LogP contribution in [0.5, 0.6) is 0 Å². The number of nitrogens with one attached hydrogen (secondary N) is 2. The molecule has 5 nitrogen and oxygen atoms in total. The molecule has 1 saturated heterocycles. The highest BCUT2D eigenvalue weighted by Crippen LogP contribution is 2.18. The molecule has 6 heteroatoms. The minimum Gasteiger partial charge on any atom is -0.379 e. The van der Waals surface area contributed by atoms with Crippen molar-refractivity contribution in [3.05, 3.63) is 22.8 Å². The number of carbonyl (C=O) groups excluding carboxylic acids is 1. The Morgan fingerprint density at radius 3 is 3.12 bits per heavy atom. The summed E-state index contributed by atoms with van der Waals surface area (Å²) in [6.45, 7) is 1.25. The quantitative estimate of drug-likeness (QED) is 0.855. The lowest BCUT2D eigenvalue weighted by molar-refractivity contribution is 0.0930. The number of halogens is 1. The SMILES string of the molecule is CNc1cc(C(=O)NC2CCOC2)c(Cl)cn1. The van der Waals surface area contributed by atoms with E-state index in [0.29, 0.717) is 29.6 Å². The fraction of sp³-hybridized carbons (Fsp3) is 0.455. The maximum atomic E-state index is 12.0. The summed E-state index contributed by atoms with van der Waals surface area (Å²) in [5, 5.41) is 6.10. The fourth-order valence-corrected chi connectivity index (χ4v) is 1.85. The normalized spacial score (nSPS) is 19.1. The van der Waals surface area contributed by atoms with E-state index in [2.05, 4.69) is 15.6 Å². The molecule has 0 aliphatic carbocycles. The van der Waals surface area contributed by atoms with E-state index in [9.17, 15) is 4.79 Å². The molecule has 1 fully saturated rings. The Hall–Kier alpha value is -1.33. The first-order valence-electron chi connectivity index (χ1n) is 5.42. The standard InChI is InChI=1S/C11H14ClN3O2/c1-13-10-4-8(9(12)5-14-10)11(16)15-7-2-3-17-6-7/h4-5,7H,2-3,6H2,1H3,(H,13,14)(H,15,16). The maximum Gasteiger partial charge on any atom is 0.253 e. The highest BCUT2D eigenvalue weighted by atomic mass is 35.5. The molecule has 1 atom stereocenters. The third kappa shape index (κ3) is 2.87. The van der Waals surface area contributed by atoms with Crippen molar-refractivity contribution in [2.24, 2.45) is 0 Å². The van der Waals surface area contributed by atoms with E-state index in [1.165, 1.54) is 6.20 Å². The minimum absolute atomic E-state index is 0.0739. The molecule has 2 rings (SSSR count). The van der Waals surface area contributed by atoms with Gasteiger partial charge in [-0.2, -0.15) is 0 Å². The smallest absolute Gasteiger partial charge is 0.253 e. The number of ether oxygens (including phenoxy) is 1. The van der Waals surface area contributed by atoms with Gasteiger partial charge in [0.1, 0.15) is 5.82 Å². The van der Waals surface area contributed by atoms with E-state index in [0.717, 1.165) is 6.42 Å². The van der Waals surface area contributed by atoms with Gasteiger partial charge in [0.05, 0.1) is 23.2 Å². The molecule has 1 aromatic rings. The van der Waals surface area contributed by atoms with Crippen LogP contribution in [0.4, 0.5) is 5.82 Å². The van der Waals surface area contributed by atoms with E-state index in [4.69, 9.17) is 16.3 Å². The number of nitrogens with zero attached hydrogens (tertiary/aromatic N) is 1. The average Bonchev–Trinajstić information content (AvgIpc) is 2.82. The van der Waals surface area contributed by atoms with Gasteiger partial charge in [-0.15, -0.1) is 0 Å². The molecule has 0 aromatic carbocycles. The van der Waals surface area contributed by atoms with Gasteiger partial charge >= 0.3 is 0 Å². The van der Waals surface area contributed by atoms with Crippen molar-refractivity contribution in [3.8, 4) is 0 Å². The summed E-state index contributed by atoms with van der Waals surface area (Å²) >= 11 is 5.95. The Kier molecular flexibility index (Phi) is 3.81. The second kappa shape index (κ2) is 5.33. The number of rotatable bonds is 3. The lowest BCUT2D eigenvalue weighted by Gasteiger charge is -2.12. The summed E-state index contributed by atoms with van der Waals surface area (Å²) in [6, 6.07) is 1.71. The van der Waals surface area contributed by atoms with Crippen LogP contribution >= 0.6 is 11.6 Å². The van der Waals surface area contributed by atoms with Gasteiger partial charge in [-0.05, 0) is 12.5 Å². The monoisotopic (exact) mass is 255 g/mol. The van der Waals surface area contributed by atoms with Gasteiger partial charge in [-0.1, -0.05) is 11.6 Å². The van der Waals surface area contributed by atoms with Crippen LogP contribution < -0.4 is 10.6 Å². The second-order valence-corrected chi connectivity index (χ2v) is 4.24. The third-order valence-electron chi connectivity index (χ3n) is 2.62. The number of hydrogen-bond acceptors (Lipinski definition) is 4. The number of hydrogen-bond donors (Lipinski definition) is 2. The lowest BCUT2D eigenvalue weighted by Crippen LogP contribution is -2.35. The molecule has 0 spiro atoms. The van der Waals surface area contributed by atoms with Gasteiger partial charge in [-0.25, -0.2) is 4.98 Å². The van der Waals surface area contributed by atoms with Crippen LogP contribution in [-0.2, 0) is 4.74 Å². The molecule has 0 saturated carbocycles. The Bertz CT molecular complexity index is 419. The maximum absolute atomic E-state index is 12.0. The van der Waals surface area contributed by atoms with Crippen molar-refractivity contribution in [3.63, 3.8) is 0 Å². The molecule has 92 valence electrons. The van der Waals surface area contributed by atoms with Crippen LogP contribution in [-0.4, -0.2) is 37.2 Å². The van der Waals surface area contributed by atoms with Crippen LogP contribution in [0, 0.1) is 0 Å². The molecular formula is C11H14ClN3O2. The summed E-state index contributed by atoms with van der Waals surface area (Å²) in [4.78, 5) is 16.0. The topological polar surface area (TPSA) is 63.2 Å². The predicted octanol–water partition coefficient (Wildman–Crippen LogP) is 1.30. The lowest BCUT2D eigenvalue weighted by atomic mass is 10.2. The Balaban J connectivity index is 2.11. The van der Waals surface area contributed by atoms with Crippen LogP contribution in [0.2, 0.25) is 5.02 Å². The van der Waals surface area contributed by atoms with Crippen LogP contribution in [0.3, 0.4) is 0 Å². The number of aromatic nitrogens is 1. The molecule has 17 heavy (non-hydrogen) atoms. The van der Waals surface area contributed by atoms with Gasteiger partial charge in [0.25, 0.3) is 5.91 Å². The van der Waals surface area contributed by atoms with Crippen molar-refractivity contribution in [2.75, 3.05) is 25.6 Å². The van der Waals surface area contributed by atoms with Crippen molar-refractivity contribution in [2.45, 2.75) is 12.5 Å². The molecule has 0 bridgehead atoms. The third-order valence-corrected chi connectivity index (χ3v) is 2.92. The van der Waals surface area contributed by atoms with Crippen molar-refractivity contribution < 1.29 is 9.53 Å². The fourth-order valence-electron chi connectivity index (χ4n) is 1.66. The summed E-state index contributed by atoms with van der Waals surface area (Å²) < 4.78 is 5.20. The van der Waals surface area contributed by atoms with E-state index < -0.39 is 0 Å². The van der Waals surface area contributed by atoms with E-state index in [1.807, 2.05) is 0 Å². The highest BCUT2D eigenvalue weighted by Gasteiger charge is 2.20. The zero-order valence-electron chi connectivity index (χ0n) is 9.50. The number of amides is 1. The van der Waals surface area contributed by atoms with E-state index in [1.54, 1.807) is 13.1 Å². The van der Waals surface area contributed by atoms with Crippen LogP contribution in [0.15, 0.2) is 12.3 Å². The molecule has 1 aliphatic rings. The largest absolute Gasteiger partial charge is 0.379 e. The van der Waals surface area contributed by atoms with Crippen LogP contribution in [0.1, 0.15) is 16.8 Å². The Labute approximate surface area is 105 Å². The Morgan fingerprint density at radius 1 is 1.65 bits per heavy atom. The Morgan fingerprint density at radius 2 is 2.47 bits per heavy atom. The van der Waals surface area contributed by atoms with Crippen molar-refractivity contribution in [1.82, 2.24) is 10.3 Å². The summed E-state index contributed by atoms with van der Waals surface area (Å²) in [5.41, 5.74) is 0.429. The first-order valence-corrected chi connectivity index (χ1v) is 5.80. The van der Waals surface area contributed by atoms with E-state index in [-0.39, 0.29) is 11.9 Å². The second-order valence-electron chi connectivity index (χ2n) is 3.83.